The lowest BCUT2D eigenvalue weighted by atomic mass is 10.3. The molecule has 1 aromatic carbocycles. The number of sulfone groups is 1. The van der Waals surface area contributed by atoms with Gasteiger partial charge in [0.2, 0.25) is 9.84 Å². The number of pyridine rings is 1. The van der Waals surface area contributed by atoms with E-state index in [4.69, 9.17) is 16.3 Å². The highest BCUT2D eigenvalue weighted by Gasteiger charge is 2.18. The maximum Gasteiger partial charge on any atom is 0.208 e. The van der Waals surface area contributed by atoms with Gasteiger partial charge in [0.15, 0.2) is 0 Å². The first-order valence-corrected chi connectivity index (χ1v) is 6.90. The monoisotopic (exact) mass is 283 g/mol. The van der Waals surface area contributed by atoms with Crippen LogP contribution in [0.25, 0.3) is 0 Å². The van der Waals surface area contributed by atoms with Gasteiger partial charge in [0.1, 0.15) is 5.75 Å². The van der Waals surface area contributed by atoms with E-state index >= 15 is 0 Å². The van der Waals surface area contributed by atoms with Crippen molar-refractivity contribution in [1.29, 1.82) is 0 Å². The van der Waals surface area contributed by atoms with Crippen LogP contribution in [-0.4, -0.2) is 20.5 Å². The minimum absolute atomic E-state index is 0.0696. The minimum atomic E-state index is -3.59. The molecule has 6 heteroatoms. The molecule has 18 heavy (non-hydrogen) atoms. The van der Waals surface area contributed by atoms with Crippen LogP contribution in [-0.2, 0) is 9.84 Å². The Hall–Kier alpha value is -1.59. The van der Waals surface area contributed by atoms with Crippen LogP contribution in [0.3, 0.4) is 0 Å². The Morgan fingerprint density at radius 2 is 1.78 bits per heavy atom. The van der Waals surface area contributed by atoms with Gasteiger partial charge in [-0.15, -0.1) is 0 Å². The molecule has 0 aliphatic heterocycles. The second-order valence-corrected chi connectivity index (χ2v) is 5.90. The lowest BCUT2D eigenvalue weighted by Crippen LogP contribution is -2.02. The van der Waals surface area contributed by atoms with E-state index in [0.717, 1.165) is 0 Å². The van der Waals surface area contributed by atoms with Gasteiger partial charge in [-0.2, -0.15) is 0 Å². The summed E-state index contributed by atoms with van der Waals surface area (Å²) in [6.45, 7) is 0. The smallest absolute Gasteiger partial charge is 0.208 e. The number of hydrogen-bond donors (Lipinski definition) is 0. The third kappa shape index (κ3) is 2.47. The molecule has 2 rings (SSSR count). The van der Waals surface area contributed by atoms with Crippen LogP contribution in [0.5, 0.6) is 5.75 Å². The predicted molar refractivity (Wildman–Crippen MR) is 67.7 cm³/mol. The lowest BCUT2D eigenvalue weighted by Gasteiger charge is -2.05. The molecular formula is C12H10ClNO3S. The summed E-state index contributed by atoms with van der Waals surface area (Å²) in [6, 6.07) is 7.51. The number of benzene rings is 1. The van der Waals surface area contributed by atoms with Crippen molar-refractivity contribution in [2.45, 2.75) is 9.79 Å². The molecule has 4 nitrogen and oxygen atoms in total. The standard InChI is InChI=1S/C12H10ClNO3S/c1-17-10-2-4-11(5-3-10)18(15,16)12-6-9(13)7-14-8-12/h2-8H,1H3. The maximum atomic E-state index is 12.2. The topological polar surface area (TPSA) is 56.3 Å². The number of methoxy groups -OCH3 is 1. The molecule has 0 saturated carbocycles. The third-order valence-corrected chi connectivity index (χ3v) is 4.30. The molecule has 0 N–H and O–H groups in total. The maximum absolute atomic E-state index is 12.2. The van der Waals surface area contributed by atoms with Crippen molar-refractivity contribution >= 4 is 21.4 Å². The summed E-state index contributed by atoms with van der Waals surface area (Å²) in [5.74, 6) is 0.596. The minimum Gasteiger partial charge on any atom is -0.497 e. The summed E-state index contributed by atoms with van der Waals surface area (Å²) in [6.07, 6.45) is 2.65. The van der Waals surface area contributed by atoms with Crippen molar-refractivity contribution in [3.05, 3.63) is 47.7 Å². The number of ether oxygens (including phenoxy) is 1. The summed E-state index contributed by atoms with van der Waals surface area (Å²) in [7, 11) is -2.07. The largest absolute Gasteiger partial charge is 0.497 e. The summed E-state index contributed by atoms with van der Waals surface area (Å²) in [5, 5.41) is 0.282. The molecule has 94 valence electrons. The highest BCUT2D eigenvalue weighted by atomic mass is 35.5. The van der Waals surface area contributed by atoms with Crippen LogP contribution in [0.4, 0.5) is 0 Å². The molecule has 0 saturated heterocycles. The Labute approximate surface area is 110 Å². The van der Waals surface area contributed by atoms with E-state index in [1.165, 1.54) is 37.7 Å². The Kier molecular flexibility index (Phi) is 3.54. The molecule has 0 aliphatic carbocycles. The van der Waals surface area contributed by atoms with Crippen LogP contribution in [0.1, 0.15) is 0 Å². The van der Waals surface area contributed by atoms with Crippen LogP contribution in [0, 0.1) is 0 Å². The zero-order chi connectivity index (χ0) is 13.2. The summed E-state index contributed by atoms with van der Waals surface area (Å²) < 4.78 is 29.5. The van der Waals surface area contributed by atoms with Crippen molar-refractivity contribution in [3.8, 4) is 5.75 Å². The van der Waals surface area contributed by atoms with Crippen molar-refractivity contribution in [2.24, 2.45) is 0 Å². The number of nitrogens with zero attached hydrogens (tertiary/aromatic N) is 1. The van der Waals surface area contributed by atoms with E-state index < -0.39 is 9.84 Å². The number of hydrogen-bond acceptors (Lipinski definition) is 4. The Bertz CT molecular complexity index is 653. The Morgan fingerprint density at radius 1 is 1.11 bits per heavy atom. The fourth-order valence-corrected chi connectivity index (χ4v) is 2.92. The molecule has 0 bridgehead atoms. The first kappa shape index (κ1) is 12.9. The van der Waals surface area contributed by atoms with Gasteiger partial charge in [-0.25, -0.2) is 8.42 Å². The number of aromatic nitrogens is 1. The molecule has 0 amide bonds. The van der Waals surface area contributed by atoms with Gasteiger partial charge in [-0.1, -0.05) is 11.6 Å². The number of halogens is 1. The van der Waals surface area contributed by atoms with Gasteiger partial charge >= 0.3 is 0 Å². The van der Waals surface area contributed by atoms with Crippen LogP contribution < -0.4 is 4.74 Å². The van der Waals surface area contributed by atoms with Gasteiger partial charge in [0.25, 0.3) is 0 Å². The zero-order valence-electron chi connectivity index (χ0n) is 9.50. The number of rotatable bonds is 3. The van der Waals surface area contributed by atoms with E-state index in [1.807, 2.05) is 0 Å². The van der Waals surface area contributed by atoms with Crippen LogP contribution >= 0.6 is 11.6 Å². The van der Waals surface area contributed by atoms with Crippen LogP contribution in [0.15, 0.2) is 52.5 Å². The highest BCUT2D eigenvalue weighted by Crippen LogP contribution is 2.23. The fraction of sp³-hybridized carbons (Fsp3) is 0.0833. The predicted octanol–water partition coefficient (Wildman–Crippen LogP) is 2.58. The van der Waals surface area contributed by atoms with E-state index in [2.05, 4.69) is 4.98 Å². The Balaban J connectivity index is 2.47. The second kappa shape index (κ2) is 4.96. The van der Waals surface area contributed by atoms with E-state index in [0.29, 0.717) is 5.75 Å². The molecule has 2 aromatic rings. The molecule has 0 aliphatic rings. The molecular weight excluding hydrogens is 274 g/mol. The van der Waals surface area contributed by atoms with Crippen molar-refractivity contribution in [1.82, 2.24) is 4.98 Å². The average Bonchev–Trinajstić information content (AvgIpc) is 2.39. The zero-order valence-corrected chi connectivity index (χ0v) is 11.1. The van der Waals surface area contributed by atoms with Crippen molar-refractivity contribution < 1.29 is 13.2 Å². The molecule has 0 radical (unpaired) electrons. The highest BCUT2D eigenvalue weighted by molar-refractivity contribution is 7.91. The van der Waals surface area contributed by atoms with Gasteiger partial charge in [-0.3, -0.25) is 4.98 Å². The van der Waals surface area contributed by atoms with Crippen LogP contribution in [0.2, 0.25) is 5.02 Å². The van der Waals surface area contributed by atoms with Gasteiger partial charge in [-0.05, 0) is 30.3 Å². The van der Waals surface area contributed by atoms with E-state index in [-0.39, 0.29) is 14.8 Å². The summed E-state index contributed by atoms with van der Waals surface area (Å²) in [5.41, 5.74) is 0. The Morgan fingerprint density at radius 3 is 2.33 bits per heavy atom. The molecule has 0 spiro atoms. The fourth-order valence-electron chi connectivity index (χ4n) is 1.43. The van der Waals surface area contributed by atoms with E-state index in [9.17, 15) is 8.42 Å². The molecule has 0 fully saturated rings. The van der Waals surface area contributed by atoms with Crippen molar-refractivity contribution in [3.63, 3.8) is 0 Å². The lowest BCUT2D eigenvalue weighted by molar-refractivity contribution is 0.414. The van der Waals surface area contributed by atoms with Gasteiger partial charge < -0.3 is 4.74 Å². The first-order chi connectivity index (χ1) is 8.54. The third-order valence-electron chi connectivity index (χ3n) is 2.36. The van der Waals surface area contributed by atoms with E-state index in [1.54, 1.807) is 12.1 Å². The SMILES string of the molecule is COc1ccc(S(=O)(=O)c2cncc(Cl)c2)cc1. The quantitative estimate of drug-likeness (QED) is 0.869. The summed E-state index contributed by atoms with van der Waals surface area (Å²) >= 11 is 5.74. The molecule has 1 heterocycles. The first-order valence-electron chi connectivity index (χ1n) is 5.04. The molecule has 0 unspecified atom stereocenters. The van der Waals surface area contributed by atoms with Crippen molar-refractivity contribution in [2.75, 3.05) is 7.11 Å². The molecule has 1 aromatic heterocycles. The second-order valence-electron chi connectivity index (χ2n) is 3.52. The summed E-state index contributed by atoms with van der Waals surface area (Å²) in [4.78, 5) is 4.02. The normalized spacial score (nSPS) is 11.2. The molecule has 0 atom stereocenters. The average molecular weight is 284 g/mol. The van der Waals surface area contributed by atoms with Gasteiger partial charge in [0, 0.05) is 12.4 Å². The van der Waals surface area contributed by atoms with Gasteiger partial charge in [0.05, 0.1) is 21.9 Å².